The summed E-state index contributed by atoms with van der Waals surface area (Å²) in [6, 6.07) is 9.09. The number of carbonyl (C=O) groups is 3. The van der Waals surface area contributed by atoms with E-state index in [1.807, 2.05) is 18.2 Å². The molecule has 144 valence electrons. The van der Waals surface area contributed by atoms with Crippen molar-refractivity contribution in [1.29, 1.82) is 0 Å². The first-order valence-electron chi connectivity index (χ1n) is 8.43. The van der Waals surface area contributed by atoms with Crippen molar-refractivity contribution in [2.45, 2.75) is 31.7 Å². The van der Waals surface area contributed by atoms with E-state index in [1.165, 1.54) is 13.8 Å². The van der Waals surface area contributed by atoms with Crippen molar-refractivity contribution in [3.05, 3.63) is 47.2 Å². The Balaban J connectivity index is 1.84. The highest BCUT2D eigenvalue weighted by Crippen LogP contribution is 2.49. The summed E-state index contributed by atoms with van der Waals surface area (Å²) in [7, 11) is 1.15. The van der Waals surface area contributed by atoms with Gasteiger partial charge in [-0.2, -0.15) is 0 Å². The van der Waals surface area contributed by atoms with Crippen LogP contribution in [0.5, 0.6) is 0 Å². The van der Waals surface area contributed by atoms with Crippen LogP contribution in [-0.4, -0.2) is 59.3 Å². The lowest BCUT2D eigenvalue weighted by atomic mass is 9.80. The van der Waals surface area contributed by atoms with Gasteiger partial charge in [0, 0.05) is 0 Å². The summed E-state index contributed by atoms with van der Waals surface area (Å²) in [5.41, 5.74) is -3.13. The molecule has 2 aliphatic heterocycles. The normalized spacial score (nSPS) is 26.4. The van der Waals surface area contributed by atoms with Crippen LogP contribution in [0.15, 0.2) is 41.7 Å². The average molecular weight is 375 g/mol. The predicted molar refractivity (Wildman–Crippen MR) is 92.4 cm³/mol. The minimum atomic E-state index is -2.00. The highest BCUT2D eigenvalue weighted by molar-refractivity contribution is 6.00. The predicted octanol–water partition coefficient (Wildman–Crippen LogP) is 1.17. The van der Waals surface area contributed by atoms with Crippen molar-refractivity contribution in [3.8, 4) is 0 Å². The molecule has 0 saturated carbocycles. The van der Waals surface area contributed by atoms with Gasteiger partial charge in [0.15, 0.2) is 11.4 Å². The Bertz CT molecular complexity index is 819. The van der Waals surface area contributed by atoms with E-state index in [-0.39, 0.29) is 31.0 Å². The fourth-order valence-electron chi connectivity index (χ4n) is 3.78. The number of benzene rings is 1. The van der Waals surface area contributed by atoms with Crippen LogP contribution in [-0.2, 0) is 30.4 Å². The molecule has 0 aromatic heterocycles. The molecule has 0 aliphatic carbocycles. The number of nitrogens with zero attached hydrogens (tertiary/aromatic N) is 1. The molecule has 2 unspecified atom stereocenters. The first-order valence-corrected chi connectivity index (χ1v) is 8.43. The van der Waals surface area contributed by atoms with Crippen molar-refractivity contribution in [2.24, 2.45) is 0 Å². The molecule has 8 nitrogen and oxygen atoms in total. The van der Waals surface area contributed by atoms with Crippen molar-refractivity contribution >= 4 is 17.8 Å². The number of ether oxygens (including phenoxy) is 3. The second kappa shape index (κ2) is 6.70. The van der Waals surface area contributed by atoms with Crippen LogP contribution in [0.3, 0.4) is 0 Å². The number of ketones is 1. The number of likely N-dealkylation sites (tertiary alicyclic amines) is 1. The number of hydrogen-bond acceptors (Lipinski definition) is 7. The standard InChI is InChI=1S/C19H21NO7/c1-12(21)15-13(2)27-19(16(22)25-3)11-20(10-18(15,19)24)17(23)26-9-14-7-5-4-6-8-14/h4-8,24H,9-11H2,1-3H3. The Morgan fingerprint density at radius 2 is 1.89 bits per heavy atom. The van der Waals surface area contributed by atoms with E-state index in [4.69, 9.17) is 14.2 Å². The highest BCUT2D eigenvalue weighted by Gasteiger charge is 2.72. The van der Waals surface area contributed by atoms with Gasteiger partial charge in [0.1, 0.15) is 12.4 Å². The van der Waals surface area contributed by atoms with Gasteiger partial charge >= 0.3 is 12.1 Å². The number of amides is 1. The maximum atomic E-state index is 12.5. The van der Waals surface area contributed by atoms with Crippen LogP contribution in [0.2, 0.25) is 0 Å². The Kier molecular flexibility index (Phi) is 4.69. The number of β-amino-alcohol motifs (C(OH)–C–C–N with tert-alkyl or cyclic N) is 1. The third-order valence-corrected chi connectivity index (χ3v) is 4.92. The summed E-state index contributed by atoms with van der Waals surface area (Å²) in [5, 5.41) is 11.2. The van der Waals surface area contributed by atoms with Gasteiger partial charge in [-0.15, -0.1) is 0 Å². The minimum absolute atomic E-state index is 0.0359. The molecule has 3 rings (SSSR count). The molecule has 0 radical (unpaired) electrons. The Hall–Kier alpha value is -2.87. The maximum absolute atomic E-state index is 12.5. The van der Waals surface area contributed by atoms with Crippen LogP contribution in [0.1, 0.15) is 19.4 Å². The molecular formula is C19H21NO7. The molecule has 0 spiro atoms. The van der Waals surface area contributed by atoms with Gasteiger partial charge < -0.3 is 19.3 Å². The van der Waals surface area contributed by atoms with E-state index in [1.54, 1.807) is 12.1 Å². The molecule has 8 heteroatoms. The molecule has 1 N–H and O–H groups in total. The van der Waals surface area contributed by atoms with Gasteiger partial charge in [-0.05, 0) is 19.4 Å². The summed E-state index contributed by atoms with van der Waals surface area (Å²) >= 11 is 0. The topological polar surface area (TPSA) is 102 Å². The fourth-order valence-corrected chi connectivity index (χ4v) is 3.78. The number of fused-ring (bicyclic) bond motifs is 1. The highest BCUT2D eigenvalue weighted by atomic mass is 16.6. The molecule has 0 bridgehead atoms. The first kappa shape index (κ1) is 18.9. The summed E-state index contributed by atoms with van der Waals surface area (Å²) < 4.78 is 15.7. The number of Topliss-reactive ketones (excluding diaryl/α,β-unsaturated/α-hetero) is 1. The third kappa shape index (κ3) is 2.86. The zero-order valence-corrected chi connectivity index (χ0v) is 15.4. The number of rotatable bonds is 4. The second-order valence-corrected chi connectivity index (χ2v) is 6.66. The molecule has 27 heavy (non-hydrogen) atoms. The van der Waals surface area contributed by atoms with E-state index in [9.17, 15) is 19.5 Å². The lowest BCUT2D eigenvalue weighted by Crippen LogP contribution is -2.58. The van der Waals surface area contributed by atoms with Crippen molar-refractivity contribution < 1.29 is 33.7 Å². The number of carbonyl (C=O) groups excluding carboxylic acids is 3. The second-order valence-electron chi connectivity index (χ2n) is 6.66. The molecule has 2 atom stereocenters. The number of aliphatic hydroxyl groups is 1. The maximum Gasteiger partial charge on any atom is 0.410 e. The van der Waals surface area contributed by atoms with Crippen LogP contribution in [0.25, 0.3) is 0 Å². The van der Waals surface area contributed by atoms with Gasteiger partial charge in [0.2, 0.25) is 0 Å². The average Bonchev–Trinajstić information content (AvgIpc) is 3.04. The quantitative estimate of drug-likeness (QED) is 0.788. The molecule has 2 heterocycles. The number of esters is 1. The largest absolute Gasteiger partial charge is 0.474 e. The Labute approximate surface area is 156 Å². The fraction of sp³-hybridized carbons (Fsp3) is 0.421. The summed E-state index contributed by atoms with van der Waals surface area (Å²) in [6.45, 7) is 2.19. The Morgan fingerprint density at radius 3 is 2.48 bits per heavy atom. The monoisotopic (exact) mass is 375 g/mol. The lowest BCUT2D eigenvalue weighted by molar-refractivity contribution is -0.175. The van der Waals surface area contributed by atoms with Crippen LogP contribution in [0, 0.1) is 0 Å². The van der Waals surface area contributed by atoms with Gasteiger partial charge in [0.05, 0.1) is 25.8 Å². The smallest absolute Gasteiger partial charge is 0.410 e. The number of allylic oxidation sites excluding steroid dienone is 1. The van der Waals surface area contributed by atoms with Gasteiger partial charge in [-0.1, -0.05) is 30.3 Å². The van der Waals surface area contributed by atoms with Crippen molar-refractivity contribution in [1.82, 2.24) is 4.90 Å². The molecule has 2 aliphatic rings. The molecule has 1 aromatic carbocycles. The van der Waals surface area contributed by atoms with E-state index >= 15 is 0 Å². The number of methoxy groups -OCH3 is 1. The first-order chi connectivity index (χ1) is 12.7. The van der Waals surface area contributed by atoms with E-state index < -0.39 is 29.0 Å². The zero-order valence-electron chi connectivity index (χ0n) is 15.4. The molecular weight excluding hydrogens is 354 g/mol. The molecule has 1 saturated heterocycles. The minimum Gasteiger partial charge on any atom is -0.474 e. The SMILES string of the molecule is COC(=O)C12CN(C(=O)OCc3ccccc3)CC1(O)C(C(C)=O)=C(C)O2. The molecule has 1 fully saturated rings. The number of hydrogen-bond donors (Lipinski definition) is 1. The van der Waals surface area contributed by atoms with Gasteiger partial charge in [-0.3, -0.25) is 9.69 Å². The van der Waals surface area contributed by atoms with Crippen LogP contribution in [0.4, 0.5) is 4.79 Å². The van der Waals surface area contributed by atoms with Gasteiger partial charge in [-0.25, -0.2) is 9.59 Å². The zero-order chi connectivity index (χ0) is 19.8. The molecule has 1 aromatic rings. The summed E-state index contributed by atoms with van der Waals surface area (Å²) in [4.78, 5) is 38.2. The van der Waals surface area contributed by atoms with E-state index in [0.717, 1.165) is 17.6 Å². The summed E-state index contributed by atoms with van der Waals surface area (Å²) in [5.74, 6) is -1.16. The van der Waals surface area contributed by atoms with E-state index in [0.29, 0.717) is 0 Å². The van der Waals surface area contributed by atoms with Crippen molar-refractivity contribution in [2.75, 3.05) is 20.2 Å². The van der Waals surface area contributed by atoms with Gasteiger partial charge in [0.25, 0.3) is 5.60 Å². The third-order valence-electron chi connectivity index (χ3n) is 4.92. The van der Waals surface area contributed by atoms with Crippen molar-refractivity contribution in [3.63, 3.8) is 0 Å². The Morgan fingerprint density at radius 1 is 1.22 bits per heavy atom. The van der Waals surface area contributed by atoms with E-state index in [2.05, 4.69) is 0 Å². The molecule has 1 amide bonds. The van der Waals surface area contributed by atoms with Crippen LogP contribution >= 0.6 is 0 Å². The van der Waals surface area contributed by atoms with Crippen LogP contribution < -0.4 is 0 Å². The lowest BCUT2D eigenvalue weighted by Gasteiger charge is -2.31. The summed E-state index contributed by atoms with van der Waals surface area (Å²) in [6.07, 6.45) is -0.728.